The van der Waals surface area contributed by atoms with Gasteiger partial charge >= 0.3 is 0 Å². The number of fused-ring (bicyclic) bond motifs is 1. The van der Waals surface area contributed by atoms with Crippen LogP contribution in [0.15, 0.2) is 70.3 Å². The highest BCUT2D eigenvalue weighted by molar-refractivity contribution is 7.13. The van der Waals surface area contributed by atoms with E-state index in [4.69, 9.17) is 0 Å². The molecule has 0 bridgehead atoms. The molecule has 2 aromatic carbocycles. The highest BCUT2D eigenvalue weighted by Crippen LogP contribution is 2.39. The third kappa shape index (κ3) is 3.01. The van der Waals surface area contributed by atoms with E-state index in [2.05, 4.69) is 15.2 Å². The molecule has 124 valence electrons. The van der Waals surface area contributed by atoms with Crippen LogP contribution in [0.5, 0.6) is 5.88 Å². The van der Waals surface area contributed by atoms with E-state index >= 15 is 0 Å². The first-order valence-electron chi connectivity index (χ1n) is 7.58. The van der Waals surface area contributed by atoms with Crippen LogP contribution in [0, 0.1) is 5.82 Å². The molecule has 0 saturated carbocycles. The summed E-state index contributed by atoms with van der Waals surface area (Å²) in [5, 5.41) is 22.0. The van der Waals surface area contributed by atoms with Gasteiger partial charge in [0.1, 0.15) is 5.82 Å². The Labute approximate surface area is 146 Å². The van der Waals surface area contributed by atoms with Gasteiger partial charge in [0.25, 0.3) is 0 Å². The monoisotopic (exact) mass is 352 g/mol. The molecule has 4 rings (SSSR count). The SMILES string of the molecule is Oc1c(N=Nc2nccs2)c2ccccc2n1Cc1cccc(F)c1. The Bertz CT molecular complexity index is 1060. The Balaban J connectivity index is 1.81. The maximum Gasteiger partial charge on any atom is 0.229 e. The summed E-state index contributed by atoms with van der Waals surface area (Å²) in [6.07, 6.45) is 1.64. The van der Waals surface area contributed by atoms with Gasteiger partial charge in [-0.25, -0.2) is 9.37 Å². The van der Waals surface area contributed by atoms with Gasteiger partial charge in [0.2, 0.25) is 11.0 Å². The number of benzene rings is 2. The van der Waals surface area contributed by atoms with Gasteiger partial charge < -0.3 is 9.67 Å². The van der Waals surface area contributed by atoms with Crippen LogP contribution < -0.4 is 0 Å². The lowest BCUT2D eigenvalue weighted by Crippen LogP contribution is -1.99. The van der Waals surface area contributed by atoms with Crippen LogP contribution in [0.2, 0.25) is 0 Å². The second-order valence-electron chi connectivity index (χ2n) is 5.42. The number of azo groups is 1. The zero-order chi connectivity index (χ0) is 17.2. The topological polar surface area (TPSA) is 62.8 Å². The quantitative estimate of drug-likeness (QED) is 0.499. The molecule has 0 radical (unpaired) electrons. The molecule has 0 spiro atoms. The van der Waals surface area contributed by atoms with Crippen molar-refractivity contribution in [1.82, 2.24) is 9.55 Å². The standard InChI is InChI=1S/C18H13FN4OS/c19-13-5-3-4-12(10-13)11-23-15-7-2-1-6-14(15)16(17(23)24)21-22-18-20-8-9-25-18/h1-10,24H,11H2. The third-order valence-electron chi connectivity index (χ3n) is 3.80. The van der Waals surface area contributed by atoms with E-state index in [9.17, 15) is 9.50 Å². The summed E-state index contributed by atoms with van der Waals surface area (Å²) in [7, 11) is 0. The van der Waals surface area contributed by atoms with E-state index < -0.39 is 0 Å². The maximum atomic E-state index is 13.5. The lowest BCUT2D eigenvalue weighted by molar-refractivity contribution is 0.429. The van der Waals surface area contributed by atoms with Crippen molar-refractivity contribution in [2.45, 2.75) is 6.54 Å². The Kier molecular flexibility index (Phi) is 3.99. The summed E-state index contributed by atoms with van der Waals surface area (Å²) in [5.41, 5.74) is 1.93. The van der Waals surface area contributed by atoms with Crippen molar-refractivity contribution in [3.8, 4) is 5.88 Å². The predicted octanol–water partition coefficient (Wildman–Crippen LogP) is 5.41. The number of thiazole rings is 1. The van der Waals surface area contributed by atoms with Crippen LogP contribution in [0.1, 0.15) is 5.56 Å². The average molecular weight is 352 g/mol. The van der Waals surface area contributed by atoms with Crippen LogP contribution in [0.4, 0.5) is 15.2 Å². The lowest BCUT2D eigenvalue weighted by Gasteiger charge is -2.07. The van der Waals surface area contributed by atoms with Crippen molar-refractivity contribution >= 4 is 33.1 Å². The van der Waals surface area contributed by atoms with Crippen molar-refractivity contribution in [3.63, 3.8) is 0 Å². The summed E-state index contributed by atoms with van der Waals surface area (Å²) < 4.78 is 15.2. The first-order chi connectivity index (χ1) is 12.2. The number of halogens is 1. The summed E-state index contributed by atoms with van der Waals surface area (Å²) in [6.45, 7) is 0.330. The van der Waals surface area contributed by atoms with Crippen molar-refractivity contribution in [3.05, 3.63) is 71.5 Å². The van der Waals surface area contributed by atoms with Crippen molar-refractivity contribution in [2.24, 2.45) is 10.2 Å². The molecule has 0 aliphatic heterocycles. The minimum absolute atomic E-state index is 0.00855. The smallest absolute Gasteiger partial charge is 0.229 e. The Morgan fingerprint density at radius 3 is 2.80 bits per heavy atom. The molecule has 7 heteroatoms. The van der Waals surface area contributed by atoms with Crippen LogP contribution in [0.3, 0.4) is 0 Å². The van der Waals surface area contributed by atoms with Crippen molar-refractivity contribution in [2.75, 3.05) is 0 Å². The molecule has 5 nitrogen and oxygen atoms in total. The fraction of sp³-hybridized carbons (Fsp3) is 0.0556. The normalized spacial score (nSPS) is 11.6. The van der Waals surface area contributed by atoms with Crippen molar-refractivity contribution < 1.29 is 9.50 Å². The largest absolute Gasteiger partial charge is 0.493 e. The molecule has 0 unspecified atom stereocenters. The van der Waals surface area contributed by atoms with Gasteiger partial charge in [-0.1, -0.05) is 30.3 Å². The molecular weight excluding hydrogens is 339 g/mol. The van der Waals surface area contributed by atoms with E-state index in [-0.39, 0.29) is 11.7 Å². The van der Waals surface area contributed by atoms with Crippen LogP contribution in [-0.4, -0.2) is 14.7 Å². The molecular formula is C18H13FN4OS. The highest BCUT2D eigenvalue weighted by atomic mass is 32.1. The van der Waals surface area contributed by atoms with Crippen LogP contribution in [0.25, 0.3) is 10.9 Å². The molecule has 0 aliphatic rings. The van der Waals surface area contributed by atoms with E-state index in [0.717, 1.165) is 16.5 Å². The second-order valence-corrected chi connectivity index (χ2v) is 6.29. The number of hydrogen-bond donors (Lipinski definition) is 1. The van der Waals surface area contributed by atoms with Gasteiger partial charge in [-0.2, -0.15) is 0 Å². The Morgan fingerprint density at radius 1 is 1.12 bits per heavy atom. The van der Waals surface area contributed by atoms with Gasteiger partial charge in [-0.05, 0) is 23.8 Å². The lowest BCUT2D eigenvalue weighted by atomic mass is 10.2. The fourth-order valence-corrected chi connectivity index (χ4v) is 3.16. The second kappa shape index (κ2) is 6.45. The molecule has 0 amide bonds. The fourth-order valence-electron chi connectivity index (χ4n) is 2.71. The number of aromatic hydroxyl groups is 1. The summed E-state index contributed by atoms with van der Waals surface area (Å²) in [5.74, 6) is -0.317. The first-order valence-corrected chi connectivity index (χ1v) is 8.46. The van der Waals surface area contributed by atoms with Crippen molar-refractivity contribution in [1.29, 1.82) is 0 Å². The maximum absolute atomic E-state index is 13.5. The highest BCUT2D eigenvalue weighted by Gasteiger charge is 2.16. The van der Waals surface area contributed by atoms with Crippen LogP contribution in [-0.2, 0) is 6.54 Å². The third-order valence-corrected chi connectivity index (χ3v) is 4.46. The van der Waals surface area contributed by atoms with Gasteiger partial charge in [0.05, 0.1) is 12.1 Å². The van der Waals surface area contributed by atoms with E-state index in [0.29, 0.717) is 17.4 Å². The number of para-hydroxylation sites is 1. The Hall–Kier alpha value is -3.06. The van der Waals surface area contributed by atoms with Gasteiger partial charge in [0, 0.05) is 17.0 Å². The van der Waals surface area contributed by atoms with Gasteiger partial charge in [-0.3, -0.25) is 0 Å². The number of nitrogens with zero attached hydrogens (tertiary/aromatic N) is 4. The number of rotatable bonds is 4. The molecule has 0 saturated heterocycles. The summed E-state index contributed by atoms with van der Waals surface area (Å²) >= 11 is 1.36. The average Bonchev–Trinajstić information content (AvgIpc) is 3.21. The minimum atomic E-state index is -0.308. The predicted molar refractivity (Wildman–Crippen MR) is 95.4 cm³/mol. The zero-order valence-electron chi connectivity index (χ0n) is 13.0. The summed E-state index contributed by atoms with van der Waals surface area (Å²) in [6, 6.07) is 13.8. The zero-order valence-corrected chi connectivity index (χ0v) is 13.8. The molecule has 2 heterocycles. The van der Waals surface area contributed by atoms with E-state index in [1.807, 2.05) is 30.3 Å². The number of aromatic nitrogens is 2. The first kappa shape index (κ1) is 15.5. The minimum Gasteiger partial charge on any atom is -0.493 e. The van der Waals surface area contributed by atoms with Gasteiger partial charge in [-0.15, -0.1) is 21.6 Å². The molecule has 0 atom stereocenters. The molecule has 2 aromatic heterocycles. The molecule has 25 heavy (non-hydrogen) atoms. The summed E-state index contributed by atoms with van der Waals surface area (Å²) in [4.78, 5) is 4.05. The molecule has 0 aliphatic carbocycles. The van der Waals surface area contributed by atoms with E-state index in [1.165, 1.54) is 23.5 Å². The van der Waals surface area contributed by atoms with E-state index in [1.54, 1.807) is 22.2 Å². The Morgan fingerprint density at radius 2 is 2.00 bits per heavy atom. The molecule has 0 fully saturated rings. The van der Waals surface area contributed by atoms with Crippen LogP contribution >= 0.6 is 11.3 Å². The number of hydrogen-bond acceptors (Lipinski definition) is 5. The van der Waals surface area contributed by atoms with Gasteiger partial charge in [0.15, 0.2) is 5.69 Å². The molecule has 1 N–H and O–H groups in total. The molecule has 4 aromatic rings.